The van der Waals surface area contributed by atoms with Crippen molar-refractivity contribution in [3.8, 4) is 0 Å². The van der Waals surface area contributed by atoms with Crippen LogP contribution in [0.3, 0.4) is 0 Å². The highest BCUT2D eigenvalue weighted by molar-refractivity contribution is 5.93. The smallest absolute Gasteiger partial charge is 0.265 e. The molecule has 1 aromatic heterocycles. The molecule has 0 aliphatic heterocycles. The fourth-order valence-corrected chi connectivity index (χ4v) is 1.44. The van der Waals surface area contributed by atoms with Gasteiger partial charge in [0.15, 0.2) is 0 Å². The van der Waals surface area contributed by atoms with E-state index in [1.807, 2.05) is 0 Å². The van der Waals surface area contributed by atoms with Crippen molar-refractivity contribution in [2.24, 2.45) is 0 Å². The lowest BCUT2D eigenvalue weighted by atomic mass is 10.2. The third kappa shape index (κ3) is 3.11. The summed E-state index contributed by atoms with van der Waals surface area (Å²) in [7, 11) is 0. The molecule has 0 aliphatic rings. The maximum absolute atomic E-state index is 13.3. The minimum atomic E-state index is -0.303. The molecule has 1 amide bonds. The molecule has 4 nitrogen and oxygen atoms in total. The number of carbonyl (C=O) groups excluding carboxylic acids is 1. The van der Waals surface area contributed by atoms with E-state index in [4.69, 9.17) is 0 Å². The van der Waals surface area contributed by atoms with Gasteiger partial charge in [0.1, 0.15) is 5.82 Å². The second-order valence-corrected chi connectivity index (χ2v) is 3.63. The molecule has 0 unspecified atom stereocenters. The van der Waals surface area contributed by atoms with Gasteiger partial charge in [0.25, 0.3) is 5.91 Å². The van der Waals surface area contributed by atoms with Gasteiger partial charge in [-0.15, -0.1) is 0 Å². The molecule has 92 valence electrons. The highest BCUT2D eigenvalue weighted by atomic mass is 19.1. The Morgan fingerprint density at radius 2 is 1.89 bits per heavy atom. The standard InChI is InChI=1S/C13H12FN3O/c14-12-4-2-1-3-11(12)9-16-17-13(18)10-5-7-15-8-6-10/h1-8,16H,9H2,(H,17,18). The molecule has 0 aliphatic carbocycles. The zero-order valence-electron chi connectivity index (χ0n) is 9.56. The fourth-order valence-electron chi connectivity index (χ4n) is 1.44. The summed E-state index contributed by atoms with van der Waals surface area (Å²) in [5.41, 5.74) is 6.16. The molecule has 0 saturated carbocycles. The molecule has 5 heteroatoms. The van der Waals surface area contributed by atoms with Crippen LogP contribution in [0.2, 0.25) is 0 Å². The van der Waals surface area contributed by atoms with Crippen molar-refractivity contribution in [1.82, 2.24) is 15.8 Å². The summed E-state index contributed by atoms with van der Waals surface area (Å²) < 4.78 is 13.3. The Morgan fingerprint density at radius 1 is 1.17 bits per heavy atom. The van der Waals surface area contributed by atoms with Crippen molar-refractivity contribution in [3.05, 3.63) is 65.7 Å². The largest absolute Gasteiger partial charge is 0.287 e. The van der Waals surface area contributed by atoms with Crippen LogP contribution in [0.5, 0.6) is 0 Å². The minimum Gasteiger partial charge on any atom is -0.287 e. The topological polar surface area (TPSA) is 54.0 Å². The van der Waals surface area contributed by atoms with Crippen molar-refractivity contribution in [2.75, 3.05) is 0 Å². The van der Waals surface area contributed by atoms with Crippen LogP contribution in [0.25, 0.3) is 0 Å². The van der Waals surface area contributed by atoms with Crippen molar-refractivity contribution in [3.63, 3.8) is 0 Å². The fraction of sp³-hybridized carbons (Fsp3) is 0.0769. The van der Waals surface area contributed by atoms with E-state index in [0.29, 0.717) is 11.1 Å². The first kappa shape index (κ1) is 12.2. The predicted octanol–water partition coefficient (Wildman–Crippen LogP) is 1.66. The number of hydrogen-bond donors (Lipinski definition) is 2. The number of amides is 1. The number of carbonyl (C=O) groups is 1. The summed E-state index contributed by atoms with van der Waals surface area (Å²) in [6, 6.07) is 9.59. The van der Waals surface area contributed by atoms with Gasteiger partial charge in [-0.25, -0.2) is 9.82 Å². The number of hydrogen-bond acceptors (Lipinski definition) is 3. The lowest BCUT2D eigenvalue weighted by Gasteiger charge is -2.07. The Balaban J connectivity index is 1.86. The molecular formula is C13H12FN3O. The average Bonchev–Trinajstić information content (AvgIpc) is 2.42. The first-order valence-electron chi connectivity index (χ1n) is 5.44. The summed E-state index contributed by atoms with van der Waals surface area (Å²) in [6.07, 6.45) is 3.07. The van der Waals surface area contributed by atoms with Crippen LogP contribution in [0.1, 0.15) is 15.9 Å². The third-order valence-electron chi connectivity index (χ3n) is 2.38. The van der Waals surface area contributed by atoms with Crippen LogP contribution in [-0.2, 0) is 6.54 Å². The molecule has 0 radical (unpaired) electrons. The minimum absolute atomic E-state index is 0.226. The van der Waals surface area contributed by atoms with E-state index < -0.39 is 0 Å². The second-order valence-electron chi connectivity index (χ2n) is 3.63. The first-order valence-corrected chi connectivity index (χ1v) is 5.44. The molecule has 1 heterocycles. The van der Waals surface area contributed by atoms with Crippen molar-refractivity contribution >= 4 is 5.91 Å². The van der Waals surface area contributed by atoms with Crippen molar-refractivity contribution < 1.29 is 9.18 Å². The molecule has 0 fully saturated rings. The third-order valence-corrected chi connectivity index (χ3v) is 2.38. The SMILES string of the molecule is O=C(NNCc1ccccc1F)c1ccncc1. The highest BCUT2D eigenvalue weighted by Crippen LogP contribution is 2.04. The van der Waals surface area contributed by atoms with Crippen molar-refractivity contribution in [2.45, 2.75) is 6.54 Å². The second kappa shape index (κ2) is 5.88. The molecular weight excluding hydrogens is 233 g/mol. The van der Waals surface area contributed by atoms with Gasteiger partial charge in [-0.05, 0) is 18.2 Å². The highest BCUT2D eigenvalue weighted by Gasteiger charge is 2.04. The molecule has 2 aromatic rings. The summed E-state index contributed by atoms with van der Waals surface area (Å²) in [6.45, 7) is 0.226. The number of halogens is 1. The van der Waals surface area contributed by atoms with E-state index in [2.05, 4.69) is 15.8 Å². The van der Waals surface area contributed by atoms with Gasteiger partial charge in [-0.1, -0.05) is 18.2 Å². The van der Waals surface area contributed by atoms with E-state index >= 15 is 0 Å². The molecule has 1 aromatic carbocycles. The van der Waals surface area contributed by atoms with Gasteiger partial charge in [0.05, 0.1) is 0 Å². The zero-order valence-corrected chi connectivity index (χ0v) is 9.56. The van der Waals surface area contributed by atoms with Crippen molar-refractivity contribution in [1.29, 1.82) is 0 Å². The van der Waals surface area contributed by atoms with E-state index in [1.54, 1.807) is 30.3 Å². The molecule has 0 spiro atoms. The van der Waals surface area contributed by atoms with E-state index in [9.17, 15) is 9.18 Å². The van der Waals surface area contributed by atoms with Crippen LogP contribution in [-0.4, -0.2) is 10.9 Å². The normalized spacial score (nSPS) is 10.1. The Morgan fingerprint density at radius 3 is 2.61 bits per heavy atom. The number of hydrazine groups is 1. The maximum atomic E-state index is 13.3. The molecule has 0 atom stereocenters. The number of aromatic nitrogens is 1. The van der Waals surface area contributed by atoms with Crippen LogP contribution >= 0.6 is 0 Å². The van der Waals surface area contributed by atoms with Gasteiger partial charge >= 0.3 is 0 Å². The summed E-state index contributed by atoms with van der Waals surface area (Å²) >= 11 is 0. The summed E-state index contributed by atoms with van der Waals surface area (Å²) in [4.78, 5) is 15.4. The molecule has 2 rings (SSSR count). The van der Waals surface area contributed by atoms with Crippen LogP contribution in [0.4, 0.5) is 4.39 Å². The molecule has 18 heavy (non-hydrogen) atoms. The maximum Gasteiger partial charge on any atom is 0.265 e. The van der Waals surface area contributed by atoms with Crippen LogP contribution in [0.15, 0.2) is 48.8 Å². The molecule has 0 saturated heterocycles. The van der Waals surface area contributed by atoms with Gasteiger partial charge in [-0.3, -0.25) is 15.2 Å². The number of nitrogens with zero attached hydrogens (tertiary/aromatic N) is 1. The number of pyridine rings is 1. The molecule has 2 N–H and O–H groups in total. The van der Waals surface area contributed by atoms with E-state index in [-0.39, 0.29) is 18.3 Å². The van der Waals surface area contributed by atoms with Gasteiger partial charge in [0.2, 0.25) is 0 Å². The Bertz CT molecular complexity index is 531. The Hall–Kier alpha value is -2.27. The van der Waals surface area contributed by atoms with Gasteiger partial charge < -0.3 is 0 Å². The lowest BCUT2D eigenvalue weighted by Crippen LogP contribution is -2.37. The van der Waals surface area contributed by atoms with E-state index in [1.165, 1.54) is 18.5 Å². The number of nitrogens with one attached hydrogen (secondary N) is 2. The van der Waals surface area contributed by atoms with E-state index in [0.717, 1.165) is 0 Å². The number of benzene rings is 1. The molecule has 0 bridgehead atoms. The number of rotatable bonds is 4. The quantitative estimate of drug-likeness (QED) is 0.805. The Kier molecular flexibility index (Phi) is 3.98. The average molecular weight is 245 g/mol. The van der Waals surface area contributed by atoms with Gasteiger partial charge in [-0.2, -0.15) is 0 Å². The zero-order chi connectivity index (χ0) is 12.8. The van der Waals surface area contributed by atoms with Crippen LogP contribution < -0.4 is 10.9 Å². The monoisotopic (exact) mass is 245 g/mol. The first-order chi connectivity index (χ1) is 8.77. The summed E-state index contributed by atoms with van der Waals surface area (Å²) in [5.74, 6) is -0.586. The van der Waals surface area contributed by atoms with Gasteiger partial charge in [0, 0.05) is 30.1 Å². The Labute approximate surface area is 104 Å². The lowest BCUT2D eigenvalue weighted by molar-refractivity contribution is 0.0932. The van der Waals surface area contributed by atoms with Crippen LogP contribution in [0, 0.1) is 5.82 Å². The predicted molar refractivity (Wildman–Crippen MR) is 64.9 cm³/mol. The summed E-state index contributed by atoms with van der Waals surface area (Å²) in [5, 5.41) is 0.